The molecule has 0 saturated carbocycles. The molecule has 0 saturated heterocycles. The number of carbonyl (C=O) groups excluding carboxylic acids is 1. The summed E-state index contributed by atoms with van der Waals surface area (Å²) in [4.78, 5) is 21.3. The summed E-state index contributed by atoms with van der Waals surface area (Å²) in [6, 6.07) is -0.846. The minimum absolute atomic E-state index is 0. The van der Waals surface area contributed by atoms with Crippen LogP contribution in [0.15, 0.2) is 0 Å². The van der Waals surface area contributed by atoms with E-state index in [0.717, 1.165) is 0 Å². The van der Waals surface area contributed by atoms with Crippen LogP contribution in [0.5, 0.6) is 0 Å². The maximum atomic E-state index is 10.7. The van der Waals surface area contributed by atoms with Crippen molar-refractivity contribution in [2.24, 2.45) is 11.7 Å². The average molecular weight is 247 g/mol. The molecule has 0 radical (unpaired) electrons. The summed E-state index contributed by atoms with van der Waals surface area (Å²) in [5.74, 6) is -1.62. The van der Waals surface area contributed by atoms with Crippen molar-refractivity contribution < 1.29 is 14.7 Å². The number of carboxylic acid groups (broad SMARTS) is 1. The van der Waals surface area contributed by atoms with Crippen LogP contribution in [0, 0.1) is 5.92 Å². The van der Waals surface area contributed by atoms with Gasteiger partial charge >= 0.3 is 5.97 Å². The van der Waals surface area contributed by atoms with Crippen molar-refractivity contribution >= 4 is 36.7 Å². The number of halogens is 2. The van der Waals surface area contributed by atoms with Crippen LogP contribution in [-0.4, -0.2) is 29.6 Å². The Hall–Kier alpha value is -0.520. The van der Waals surface area contributed by atoms with E-state index >= 15 is 0 Å². The first-order valence-electron chi connectivity index (χ1n) is 3.71. The van der Waals surface area contributed by atoms with Crippen LogP contribution in [0.1, 0.15) is 13.8 Å². The van der Waals surface area contributed by atoms with Crippen molar-refractivity contribution in [2.45, 2.75) is 19.9 Å². The van der Waals surface area contributed by atoms with Crippen LogP contribution < -0.4 is 11.1 Å². The summed E-state index contributed by atoms with van der Waals surface area (Å²) in [7, 11) is 0. The fourth-order valence-corrected chi connectivity index (χ4v) is 0.746. The third-order valence-electron chi connectivity index (χ3n) is 1.43. The minimum atomic E-state index is -1.04. The zero-order valence-electron chi connectivity index (χ0n) is 8.02. The molecule has 1 atom stereocenters. The van der Waals surface area contributed by atoms with Crippen molar-refractivity contribution in [3.63, 3.8) is 0 Å². The second-order valence-electron chi connectivity index (χ2n) is 2.83. The van der Waals surface area contributed by atoms with Crippen molar-refractivity contribution in [1.82, 2.24) is 5.32 Å². The molecule has 86 valence electrons. The van der Waals surface area contributed by atoms with Crippen molar-refractivity contribution in [2.75, 3.05) is 6.54 Å². The predicted octanol–water partition coefficient (Wildman–Crippen LogP) is 0.0141. The van der Waals surface area contributed by atoms with Gasteiger partial charge in [-0.15, -0.1) is 24.8 Å². The van der Waals surface area contributed by atoms with E-state index in [1.807, 2.05) is 0 Å². The first-order valence-corrected chi connectivity index (χ1v) is 3.71. The highest BCUT2D eigenvalue weighted by Gasteiger charge is 2.22. The SMILES string of the molecule is CC(C)C(NC(=O)CN)C(=O)O.Cl.Cl. The maximum Gasteiger partial charge on any atom is 0.326 e. The van der Waals surface area contributed by atoms with E-state index in [2.05, 4.69) is 5.32 Å². The molecule has 0 aliphatic heterocycles. The number of hydrogen-bond acceptors (Lipinski definition) is 3. The number of nitrogens with two attached hydrogens (primary N) is 1. The summed E-state index contributed by atoms with van der Waals surface area (Å²) in [5, 5.41) is 10.9. The number of nitrogens with one attached hydrogen (secondary N) is 1. The smallest absolute Gasteiger partial charge is 0.326 e. The maximum absolute atomic E-state index is 10.7. The zero-order chi connectivity index (χ0) is 9.72. The van der Waals surface area contributed by atoms with E-state index in [1.54, 1.807) is 13.8 Å². The first kappa shape index (κ1) is 19.1. The Bertz CT molecular complexity index is 188. The molecule has 1 amide bonds. The molecule has 0 fully saturated rings. The van der Waals surface area contributed by atoms with Crippen LogP contribution in [0.25, 0.3) is 0 Å². The highest BCUT2D eigenvalue weighted by molar-refractivity contribution is 5.85. The van der Waals surface area contributed by atoms with Crippen LogP contribution >= 0.6 is 24.8 Å². The highest BCUT2D eigenvalue weighted by atomic mass is 35.5. The Labute approximate surface area is 95.2 Å². The van der Waals surface area contributed by atoms with Gasteiger partial charge < -0.3 is 16.2 Å². The van der Waals surface area contributed by atoms with Crippen LogP contribution in [0.4, 0.5) is 0 Å². The van der Waals surface area contributed by atoms with Crippen LogP contribution in [-0.2, 0) is 9.59 Å². The standard InChI is InChI=1S/C7H14N2O3.2ClH/c1-4(2)6(7(11)12)9-5(10)3-8;;/h4,6H,3,8H2,1-2H3,(H,9,10)(H,11,12);2*1H. The van der Waals surface area contributed by atoms with Gasteiger partial charge in [-0.25, -0.2) is 4.79 Å². The first-order chi connectivity index (χ1) is 5.49. The summed E-state index contributed by atoms with van der Waals surface area (Å²) in [5.41, 5.74) is 5.02. The zero-order valence-corrected chi connectivity index (χ0v) is 9.65. The lowest BCUT2D eigenvalue weighted by atomic mass is 10.1. The van der Waals surface area contributed by atoms with Crippen molar-refractivity contribution in [3.8, 4) is 0 Å². The molecule has 0 aromatic heterocycles. The molecule has 0 aromatic carbocycles. The third-order valence-corrected chi connectivity index (χ3v) is 1.43. The molecule has 4 N–H and O–H groups in total. The highest BCUT2D eigenvalue weighted by Crippen LogP contribution is 2.00. The molecule has 1 unspecified atom stereocenters. The molecule has 0 aliphatic rings. The van der Waals surface area contributed by atoms with Gasteiger partial charge in [0.25, 0.3) is 0 Å². The Morgan fingerprint density at radius 3 is 2.00 bits per heavy atom. The summed E-state index contributed by atoms with van der Waals surface area (Å²) in [6.45, 7) is 3.25. The Morgan fingerprint density at radius 1 is 1.36 bits per heavy atom. The molecule has 5 nitrogen and oxygen atoms in total. The van der Waals surface area contributed by atoms with E-state index < -0.39 is 17.9 Å². The lowest BCUT2D eigenvalue weighted by molar-refractivity contribution is -0.142. The van der Waals surface area contributed by atoms with Gasteiger partial charge in [-0.1, -0.05) is 13.8 Å². The van der Waals surface area contributed by atoms with Gasteiger partial charge in [0.2, 0.25) is 5.91 Å². The Kier molecular flexibility index (Phi) is 12.4. The second kappa shape index (κ2) is 9.05. The fraction of sp³-hybridized carbons (Fsp3) is 0.714. The number of hydrogen-bond donors (Lipinski definition) is 3. The second-order valence-corrected chi connectivity index (χ2v) is 2.83. The van der Waals surface area contributed by atoms with E-state index in [1.165, 1.54) is 0 Å². The molecule has 14 heavy (non-hydrogen) atoms. The summed E-state index contributed by atoms with van der Waals surface area (Å²) < 4.78 is 0. The molecule has 0 spiro atoms. The van der Waals surface area contributed by atoms with Gasteiger partial charge in [-0.2, -0.15) is 0 Å². The molecule has 0 rings (SSSR count). The average Bonchev–Trinajstić information content (AvgIpc) is 1.98. The molecule has 0 aliphatic carbocycles. The third kappa shape index (κ3) is 6.94. The van der Waals surface area contributed by atoms with Gasteiger partial charge in [-0.3, -0.25) is 4.79 Å². The predicted molar refractivity (Wildman–Crippen MR) is 58.0 cm³/mol. The lowest BCUT2D eigenvalue weighted by Crippen LogP contribution is -2.46. The number of carboxylic acids is 1. The molecule has 0 bridgehead atoms. The minimum Gasteiger partial charge on any atom is -0.480 e. The molecule has 7 heteroatoms. The Balaban J connectivity index is -0.000000605. The Morgan fingerprint density at radius 2 is 1.79 bits per heavy atom. The van der Waals surface area contributed by atoms with Crippen LogP contribution in [0.3, 0.4) is 0 Å². The molecule has 0 aromatic rings. The number of aliphatic carboxylic acids is 1. The largest absolute Gasteiger partial charge is 0.480 e. The van der Waals surface area contributed by atoms with Crippen LogP contribution in [0.2, 0.25) is 0 Å². The van der Waals surface area contributed by atoms with E-state index in [0.29, 0.717) is 0 Å². The molecular formula is C7H16Cl2N2O3. The van der Waals surface area contributed by atoms with Crippen molar-refractivity contribution in [3.05, 3.63) is 0 Å². The molecule has 0 heterocycles. The molecular weight excluding hydrogens is 231 g/mol. The van der Waals surface area contributed by atoms with Gasteiger partial charge in [0, 0.05) is 0 Å². The van der Waals surface area contributed by atoms with Gasteiger partial charge in [0.15, 0.2) is 0 Å². The number of amides is 1. The van der Waals surface area contributed by atoms with Gasteiger partial charge in [0.05, 0.1) is 6.54 Å². The monoisotopic (exact) mass is 246 g/mol. The lowest BCUT2D eigenvalue weighted by Gasteiger charge is -2.16. The van der Waals surface area contributed by atoms with Gasteiger partial charge in [-0.05, 0) is 5.92 Å². The van der Waals surface area contributed by atoms with E-state index in [9.17, 15) is 9.59 Å². The summed E-state index contributed by atoms with van der Waals surface area (Å²) in [6.07, 6.45) is 0. The quantitative estimate of drug-likeness (QED) is 0.652. The normalized spacial score (nSPS) is 10.9. The summed E-state index contributed by atoms with van der Waals surface area (Å²) >= 11 is 0. The number of carbonyl (C=O) groups is 2. The van der Waals surface area contributed by atoms with E-state index in [-0.39, 0.29) is 37.3 Å². The van der Waals surface area contributed by atoms with Crippen molar-refractivity contribution in [1.29, 1.82) is 0 Å². The van der Waals surface area contributed by atoms with Gasteiger partial charge in [0.1, 0.15) is 6.04 Å². The number of rotatable bonds is 4. The van der Waals surface area contributed by atoms with E-state index in [4.69, 9.17) is 10.8 Å². The fourth-order valence-electron chi connectivity index (χ4n) is 0.746. The topological polar surface area (TPSA) is 92.4 Å².